The van der Waals surface area contributed by atoms with Crippen molar-refractivity contribution in [3.05, 3.63) is 16.1 Å². The molecule has 2 heterocycles. The number of thiazole rings is 1. The maximum atomic E-state index is 11.8. The molecule has 0 bridgehead atoms. The van der Waals surface area contributed by atoms with Crippen molar-refractivity contribution >= 4 is 53.8 Å². The minimum atomic E-state index is -0.0639. The molecule has 2 rings (SSSR count). The largest absolute Gasteiger partial charge is 0.375 e. The summed E-state index contributed by atoms with van der Waals surface area (Å²) in [6.07, 6.45) is 0.00681. The lowest BCUT2D eigenvalue weighted by Crippen LogP contribution is -2.41. The van der Waals surface area contributed by atoms with E-state index in [4.69, 9.17) is 4.74 Å². The van der Waals surface area contributed by atoms with Gasteiger partial charge in [0.25, 0.3) is 0 Å². The Hall–Kier alpha value is -0.0500. The van der Waals surface area contributed by atoms with Gasteiger partial charge >= 0.3 is 0 Å². The first-order valence-corrected chi connectivity index (χ1v) is 7.80. The molecule has 116 valence electrons. The van der Waals surface area contributed by atoms with Gasteiger partial charge in [0.1, 0.15) is 11.1 Å². The standard InChI is InChI=1S/C11H17N3O2S2.2ClH/c1-7(16-2)11-14-8(4-18-11)3-12-10(15)9-5-17-6-13-9;;/h4,7,9,13H,3,5-6H2,1-2H3,(H,12,15);2*1H. The summed E-state index contributed by atoms with van der Waals surface area (Å²) < 4.78 is 5.20. The topological polar surface area (TPSA) is 63.2 Å². The average molecular weight is 360 g/mol. The molecule has 5 nitrogen and oxygen atoms in total. The number of ether oxygens (including phenoxy) is 1. The molecule has 1 aliphatic heterocycles. The number of rotatable bonds is 5. The lowest BCUT2D eigenvalue weighted by molar-refractivity contribution is -0.122. The van der Waals surface area contributed by atoms with E-state index in [0.29, 0.717) is 6.54 Å². The quantitative estimate of drug-likeness (QED) is 0.841. The molecule has 0 aliphatic carbocycles. The highest BCUT2D eigenvalue weighted by Gasteiger charge is 2.22. The Labute approximate surface area is 139 Å². The average Bonchev–Trinajstić information content (AvgIpc) is 3.05. The van der Waals surface area contributed by atoms with Gasteiger partial charge in [0, 0.05) is 24.1 Å². The van der Waals surface area contributed by atoms with Gasteiger partial charge in [-0.1, -0.05) is 0 Å². The zero-order valence-electron chi connectivity index (χ0n) is 11.3. The Morgan fingerprint density at radius 3 is 3.00 bits per heavy atom. The maximum absolute atomic E-state index is 11.8. The van der Waals surface area contributed by atoms with E-state index in [-0.39, 0.29) is 42.9 Å². The number of methoxy groups -OCH3 is 1. The Morgan fingerprint density at radius 2 is 2.40 bits per heavy atom. The van der Waals surface area contributed by atoms with Gasteiger partial charge in [0.2, 0.25) is 5.91 Å². The number of hydrogen-bond donors (Lipinski definition) is 2. The fraction of sp³-hybridized carbons (Fsp3) is 0.636. The molecule has 1 aromatic heterocycles. The van der Waals surface area contributed by atoms with Crippen molar-refractivity contribution in [3.63, 3.8) is 0 Å². The first-order valence-electron chi connectivity index (χ1n) is 5.76. The molecule has 20 heavy (non-hydrogen) atoms. The van der Waals surface area contributed by atoms with Gasteiger partial charge in [-0.2, -0.15) is 0 Å². The second-order valence-corrected chi connectivity index (χ2v) is 5.96. The Morgan fingerprint density at radius 1 is 1.65 bits per heavy atom. The molecule has 2 N–H and O–H groups in total. The van der Waals surface area contributed by atoms with Crippen molar-refractivity contribution in [3.8, 4) is 0 Å². The van der Waals surface area contributed by atoms with E-state index < -0.39 is 0 Å². The zero-order valence-corrected chi connectivity index (χ0v) is 14.5. The van der Waals surface area contributed by atoms with E-state index in [1.54, 1.807) is 30.2 Å². The van der Waals surface area contributed by atoms with Crippen molar-refractivity contribution in [1.82, 2.24) is 15.6 Å². The molecule has 2 unspecified atom stereocenters. The van der Waals surface area contributed by atoms with E-state index in [9.17, 15) is 4.79 Å². The Bertz CT molecular complexity index is 414. The van der Waals surface area contributed by atoms with Crippen LogP contribution in [0.3, 0.4) is 0 Å². The summed E-state index contributed by atoms with van der Waals surface area (Å²) >= 11 is 3.30. The van der Waals surface area contributed by atoms with Crippen molar-refractivity contribution in [2.45, 2.75) is 25.6 Å². The molecule has 1 aliphatic rings. The summed E-state index contributed by atoms with van der Waals surface area (Å²) in [5.74, 6) is 1.74. The Kier molecular flexibility index (Phi) is 9.78. The van der Waals surface area contributed by atoms with Crippen LogP contribution in [-0.2, 0) is 16.1 Å². The molecular formula is C11H19Cl2N3O2S2. The van der Waals surface area contributed by atoms with Gasteiger partial charge in [0.15, 0.2) is 0 Å². The highest BCUT2D eigenvalue weighted by atomic mass is 35.5. The molecule has 0 aromatic carbocycles. The molecule has 2 atom stereocenters. The summed E-state index contributed by atoms with van der Waals surface area (Å²) in [5.41, 5.74) is 0.887. The van der Waals surface area contributed by atoms with Crippen molar-refractivity contribution in [2.75, 3.05) is 18.7 Å². The Balaban J connectivity index is 0.00000180. The van der Waals surface area contributed by atoms with Crippen LogP contribution in [0.15, 0.2) is 5.38 Å². The van der Waals surface area contributed by atoms with Gasteiger partial charge in [0.05, 0.1) is 18.3 Å². The third-order valence-electron chi connectivity index (χ3n) is 2.75. The van der Waals surface area contributed by atoms with Crippen molar-refractivity contribution in [2.24, 2.45) is 0 Å². The molecule has 1 saturated heterocycles. The van der Waals surface area contributed by atoms with Crippen LogP contribution in [0.4, 0.5) is 0 Å². The number of amides is 1. The highest BCUT2D eigenvalue weighted by Crippen LogP contribution is 2.20. The molecule has 0 radical (unpaired) electrons. The molecule has 0 saturated carbocycles. The number of nitrogens with one attached hydrogen (secondary N) is 2. The minimum absolute atomic E-state index is 0. The number of carbonyl (C=O) groups excluding carboxylic acids is 1. The fourth-order valence-electron chi connectivity index (χ4n) is 1.56. The fourth-order valence-corrected chi connectivity index (χ4v) is 3.35. The number of halogens is 2. The number of carbonyl (C=O) groups is 1. The first-order chi connectivity index (χ1) is 8.70. The SMILES string of the molecule is COC(C)c1nc(CNC(=O)C2CSCN2)cs1.Cl.Cl. The summed E-state index contributed by atoms with van der Waals surface area (Å²) in [6, 6.07) is -0.0639. The maximum Gasteiger partial charge on any atom is 0.238 e. The van der Waals surface area contributed by atoms with E-state index in [1.165, 1.54) is 0 Å². The van der Waals surface area contributed by atoms with Crippen LogP contribution < -0.4 is 10.6 Å². The van der Waals surface area contributed by atoms with Crippen LogP contribution in [0.25, 0.3) is 0 Å². The number of aromatic nitrogens is 1. The van der Waals surface area contributed by atoms with Gasteiger partial charge in [-0.05, 0) is 6.92 Å². The van der Waals surface area contributed by atoms with E-state index in [0.717, 1.165) is 22.3 Å². The van der Waals surface area contributed by atoms with Crippen LogP contribution in [0, 0.1) is 0 Å². The summed E-state index contributed by atoms with van der Waals surface area (Å²) in [5, 5.41) is 8.94. The van der Waals surface area contributed by atoms with Crippen LogP contribution >= 0.6 is 47.9 Å². The normalized spacial score (nSPS) is 18.8. The van der Waals surface area contributed by atoms with Crippen LogP contribution in [0.1, 0.15) is 23.7 Å². The predicted molar refractivity (Wildman–Crippen MR) is 88.1 cm³/mol. The second-order valence-electron chi connectivity index (χ2n) is 4.04. The summed E-state index contributed by atoms with van der Waals surface area (Å²) in [4.78, 5) is 16.2. The molecule has 9 heteroatoms. The number of hydrogen-bond acceptors (Lipinski definition) is 6. The lowest BCUT2D eigenvalue weighted by atomic mass is 10.3. The highest BCUT2D eigenvalue weighted by molar-refractivity contribution is 7.99. The molecule has 1 aromatic rings. The smallest absolute Gasteiger partial charge is 0.238 e. The minimum Gasteiger partial charge on any atom is -0.375 e. The third kappa shape index (κ3) is 5.38. The molecule has 0 spiro atoms. The first kappa shape index (κ1) is 19.9. The van der Waals surface area contributed by atoms with E-state index in [2.05, 4.69) is 15.6 Å². The van der Waals surface area contributed by atoms with Gasteiger partial charge in [-0.15, -0.1) is 47.9 Å². The van der Waals surface area contributed by atoms with Gasteiger partial charge in [-0.3, -0.25) is 10.1 Å². The summed E-state index contributed by atoms with van der Waals surface area (Å²) in [7, 11) is 1.66. The summed E-state index contributed by atoms with van der Waals surface area (Å²) in [6.45, 7) is 2.44. The second kappa shape index (κ2) is 9.81. The monoisotopic (exact) mass is 359 g/mol. The number of nitrogens with zero attached hydrogens (tertiary/aromatic N) is 1. The zero-order chi connectivity index (χ0) is 13.0. The van der Waals surface area contributed by atoms with Crippen molar-refractivity contribution in [1.29, 1.82) is 0 Å². The predicted octanol–water partition coefficient (Wildman–Crippen LogP) is 1.97. The molecule has 1 amide bonds. The van der Waals surface area contributed by atoms with Crippen LogP contribution in [-0.4, -0.2) is 35.7 Å². The number of thioether (sulfide) groups is 1. The molecular weight excluding hydrogens is 341 g/mol. The van der Waals surface area contributed by atoms with Gasteiger partial charge in [-0.25, -0.2) is 4.98 Å². The van der Waals surface area contributed by atoms with E-state index in [1.807, 2.05) is 12.3 Å². The molecule has 1 fully saturated rings. The van der Waals surface area contributed by atoms with Crippen LogP contribution in [0.5, 0.6) is 0 Å². The van der Waals surface area contributed by atoms with Crippen molar-refractivity contribution < 1.29 is 9.53 Å². The van der Waals surface area contributed by atoms with E-state index >= 15 is 0 Å². The third-order valence-corrected chi connectivity index (χ3v) is 4.74. The van der Waals surface area contributed by atoms with Gasteiger partial charge < -0.3 is 10.1 Å². The van der Waals surface area contributed by atoms with Crippen LogP contribution in [0.2, 0.25) is 0 Å². The lowest BCUT2D eigenvalue weighted by Gasteiger charge is -2.09.